The summed E-state index contributed by atoms with van der Waals surface area (Å²) < 4.78 is 15.7. The van der Waals surface area contributed by atoms with Gasteiger partial charge in [0.1, 0.15) is 43.1 Å². The Labute approximate surface area is 230 Å². The molecule has 0 aromatic carbocycles. The van der Waals surface area contributed by atoms with Crippen LogP contribution in [0.5, 0.6) is 0 Å². The number of carbonyl (C=O) groups is 4. The Bertz CT molecular complexity index is 1560. The number of hydrogen-bond acceptors (Lipinski definition) is 12. The Morgan fingerprint density at radius 2 is 2.13 bits per heavy atom. The number of fused-ring (bicyclic) bond motifs is 2. The lowest BCUT2D eigenvalue weighted by Crippen LogP contribution is -2.71. The van der Waals surface area contributed by atoms with Crippen LogP contribution >= 0.6 is 34.4 Å². The van der Waals surface area contributed by atoms with E-state index < -0.39 is 48.4 Å². The van der Waals surface area contributed by atoms with E-state index in [0.717, 1.165) is 21.1 Å². The second-order valence-electron chi connectivity index (χ2n) is 8.24. The second-order valence-corrected chi connectivity index (χ2v) is 11.1. The van der Waals surface area contributed by atoms with Gasteiger partial charge in [0.2, 0.25) is 10.5 Å². The van der Waals surface area contributed by atoms with Gasteiger partial charge in [0.15, 0.2) is 10.8 Å². The molecule has 14 nitrogen and oxygen atoms in total. The lowest BCUT2D eigenvalue weighted by Gasteiger charge is -2.50. The molecule has 3 amide bonds. The van der Waals surface area contributed by atoms with Crippen molar-refractivity contribution in [3.63, 3.8) is 0 Å². The average molecular weight is 595 g/mol. The monoisotopic (exact) mass is 594 g/mol. The van der Waals surface area contributed by atoms with Crippen LogP contribution in [0.25, 0.3) is 4.83 Å². The van der Waals surface area contributed by atoms with Crippen LogP contribution in [0, 0.1) is 0 Å². The highest BCUT2D eigenvalue weighted by Crippen LogP contribution is 2.40. The van der Waals surface area contributed by atoms with Crippen molar-refractivity contribution in [1.82, 2.24) is 19.6 Å². The first-order valence-corrected chi connectivity index (χ1v) is 13.9. The number of oxime groups is 1. The third-order valence-electron chi connectivity index (χ3n) is 5.79. The molecule has 39 heavy (non-hydrogen) atoms. The number of nitrogens with zero attached hydrogens (tertiary/aromatic N) is 5. The Morgan fingerprint density at radius 3 is 2.79 bits per heavy atom. The fourth-order valence-electron chi connectivity index (χ4n) is 4.12. The van der Waals surface area contributed by atoms with Gasteiger partial charge in [0, 0.05) is 22.1 Å². The number of thioether (sulfide) groups is 1. The largest absolute Gasteiger partial charge is 0.543 e. The molecule has 0 radical (unpaired) electrons. The van der Waals surface area contributed by atoms with Crippen molar-refractivity contribution in [3.05, 3.63) is 45.9 Å². The molecule has 1 fully saturated rings. The van der Waals surface area contributed by atoms with Crippen LogP contribution in [-0.2, 0) is 25.8 Å². The van der Waals surface area contributed by atoms with E-state index in [1.54, 1.807) is 26.9 Å². The standard InChI is InChI=1S/C21H19FN8O6S3/c22-1-2-36-27-13(10-6-39-21(24)25-10)17(32)26-14-18(33)30-15(20(34)35)9(5-38-19(14)30)3-28-4-12-29(8-28)11(7-37-12)16(23)31/h4,6-8,14,19H,1-3,5H2,(H5-,23,24,25,26,31,32,34,35)/b27-13-/t14-,19-/m1/s1. The molecule has 5 N–H and O–H groups in total. The van der Waals surface area contributed by atoms with Crippen molar-refractivity contribution in [1.29, 1.82) is 0 Å². The van der Waals surface area contributed by atoms with Crippen molar-refractivity contribution in [2.45, 2.75) is 18.0 Å². The summed E-state index contributed by atoms with van der Waals surface area (Å²) in [6, 6.07) is -1.06. The molecule has 1 saturated heterocycles. The molecular weight excluding hydrogens is 575 g/mol. The third kappa shape index (κ3) is 4.92. The van der Waals surface area contributed by atoms with Gasteiger partial charge in [-0.05, 0) is 0 Å². The van der Waals surface area contributed by atoms with Crippen LogP contribution in [0.2, 0.25) is 0 Å². The fourth-order valence-corrected chi connectivity index (χ4v) is 6.92. The van der Waals surface area contributed by atoms with Gasteiger partial charge < -0.3 is 31.5 Å². The minimum Gasteiger partial charge on any atom is -0.543 e. The van der Waals surface area contributed by atoms with E-state index in [1.165, 1.54) is 28.5 Å². The van der Waals surface area contributed by atoms with E-state index in [2.05, 4.69) is 15.5 Å². The zero-order valence-electron chi connectivity index (χ0n) is 19.7. The van der Waals surface area contributed by atoms with Crippen molar-refractivity contribution in [2.24, 2.45) is 10.9 Å². The summed E-state index contributed by atoms with van der Waals surface area (Å²) in [5.74, 6) is -3.38. The maximum Gasteiger partial charge on any atom is 0.289 e. The van der Waals surface area contributed by atoms with Gasteiger partial charge in [-0.1, -0.05) is 16.5 Å². The Morgan fingerprint density at radius 1 is 1.33 bits per heavy atom. The molecular formula is C21H19FN8O6S3. The highest BCUT2D eigenvalue weighted by Gasteiger charge is 2.53. The molecule has 18 heteroatoms. The number of alkyl halides is 1. The third-order valence-corrected chi connectivity index (χ3v) is 8.68. The number of amides is 3. The van der Waals surface area contributed by atoms with Gasteiger partial charge in [-0.3, -0.25) is 19.3 Å². The van der Waals surface area contributed by atoms with E-state index in [-0.39, 0.29) is 40.2 Å². The molecule has 5 rings (SSSR count). The highest BCUT2D eigenvalue weighted by molar-refractivity contribution is 8.00. The molecule has 0 aliphatic carbocycles. The first kappa shape index (κ1) is 26.6. The van der Waals surface area contributed by atoms with E-state index in [0.29, 0.717) is 5.57 Å². The van der Waals surface area contributed by atoms with Crippen molar-refractivity contribution < 1.29 is 38.1 Å². The number of anilines is 1. The molecule has 0 bridgehead atoms. The van der Waals surface area contributed by atoms with Gasteiger partial charge in [-0.15, -0.1) is 23.1 Å². The number of aromatic nitrogens is 3. The van der Waals surface area contributed by atoms with Crippen LogP contribution in [0.1, 0.15) is 16.2 Å². The molecule has 3 aromatic heterocycles. The van der Waals surface area contributed by atoms with Crippen molar-refractivity contribution in [2.75, 3.05) is 24.8 Å². The first-order valence-electron chi connectivity index (χ1n) is 11.1. The van der Waals surface area contributed by atoms with Gasteiger partial charge in [0.05, 0.1) is 11.7 Å². The number of halogens is 1. The SMILES string of the molecule is NC(=O)c1csc2c[n+](CC3=C(C(=O)[O-])N4C(=O)[C@@H](NC(=O)/C(=N\OCCF)c5csc(N)n5)[C@H]4SC3)cn12. The number of thiazole rings is 2. The fraction of sp³-hybridized carbons (Fsp3) is 0.286. The van der Waals surface area contributed by atoms with Crippen LogP contribution in [0.4, 0.5) is 9.52 Å². The summed E-state index contributed by atoms with van der Waals surface area (Å²) in [7, 11) is 0. The van der Waals surface area contributed by atoms with E-state index in [9.17, 15) is 28.7 Å². The predicted octanol–water partition coefficient (Wildman–Crippen LogP) is -1.78. The predicted molar refractivity (Wildman–Crippen MR) is 136 cm³/mol. The highest BCUT2D eigenvalue weighted by atomic mass is 32.2. The first-order chi connectivity index (χ1) is 18.7. The Balaban J connectivity index is 1.35. The maximum absolute atomic E-state index is 13.0. The minimum atomic E-state index is -1.53. The maximum atomic E-state index is 13.0. The van der Waals surface area contributed by atoms with E-state index >= 15 is 0 Å². The van der Waals surface area contributed by atoms with Gasteiger partial charge in [0.25, 0.3) is 24.0 Å². The number of nitrogen functional groups attached to an aromatic ring is 1. The smallest absolute Gasteiger partial charge is 0.289 e. The topological polar surface area (TPSA) is 201 Å². The van der Waals surface area contributed by atoms with Gasteiger partial charge in [-0.25, -0.2) is 13.9 Å². The normalized spacial score (nSPS) is 19.2. The molecule has 0 spiro atoms. The van der Waals surface area contributed by atoms with Gasteiger partial charge in [-0.2, -0.15) is 4.40 Å². The minimum absolute atomic E-state index is 0.0791. The number of nitrogens with one attached hydrogen (secondary N) is 1. The van der Waals surface area contributed by atoms with Crippen LogP contribution in [0.3, 0.4) is 0 Å². The van der Waals surface area contributed by atoms with Crippen LogP contribution in [-0.4, -0.2) is 74.1 Å². The molecule has 3 aromatic rings. The molecule has 0 unspecified atom stereocenters. The number of imidazole rings is 1. The number of carboxylic acids is 1. The van der Waals surface area contributed by atoms with E-state index in [1.807, 2.05) is 0 Å². The van der Waals surface area contributed by atoms with Gasteiger partial charge >= 0.3 is 0 Å². The molecule has 2 aliphatic heterocycles. The summed E-state index contributed by atoms with van der Waals surface area (Å²) in [5, 5.41) is 20.8. The lowest BCUT2D eigenvalue weighted by atomic mass is 10.0. The molecule has 2 aliphatic rings. The molecule has 0 saturated carbocycles. The zero-order valence-corrected chi connectivity index (χ0v) is 22.2. The molecule has 204 valence electrons. The lowest BCUT2D eigenvalue weighted by molar-refractivity contribution is -0.687. The Kier molecular flexibility index (Phi) is 7.23. The van der Waals surface area contributed by atoms with Crippen molar-refractivity contribution in [3.8, 4) is 0 Å². The number of carbonyl (C=O) groups excluding carboxylic acids is 4. The summed E-state index contributed by atoms with van der Waals surface area (Å²) >= 11 is 3.61. The summed E-state index contributed by atoms with van der Waals surface area (Å²) in [6.07, 6.45) is 3.34. The van der Waals surface area contributed by atoms with Crippen molar-refractivity contribution >= 4 is 73.8 Å². The van der Waals surface area contributed by atoms with Crippen LogP contribution in [0.15, 0.2) is 39.7 Å². The number of hydrogen-bond donors (Lipinski definition) is 3. The summed E-state index contributed by atoms with van der Waals surface area (Å²) in [6.45, 7) is -1.11. The number of rotatable bonds is 10. The number of aliphatic carboxylic acids is 1. The number of β-lactam (4-membered cyclic amide) rings is 1. The Hall–Kier alpha value is -4.03. The summed E-state index contributed by atoms with van der Waals surface area (Å²) in [4.78, 5) is 60.3. The zero-order chi connectivity index (χ0) is 27.8. The summed E-state index contributed by atoms with van der Waals surface area (Å²) in [5.41, 5.74) is 11.2. The number of nitrogens with two attached hydrogens (primary N) is 2. The quantitative estimate of drug-likeness (QED) is 0.0798. The average Bonchev–Trinajstić information content (AvgIpc) is 3.60. The number of primary amides is 1. The molecule has 2 atom stereocenters. The number of carboxylic acid groups (broad SMARTS) is 1. The second kappa shape index (κ2) is 10.6. The van der Waals surface area contributed by atoms with Crippen LogP contribution < -0.4 is 26.5 Å². The molecule has 5 heterocycles. The van der Waals surface area contributed by atoms with E-state index in [4.69, 9.17) is 16.3 Å².